The summed E-state index contributed by atoms with van der Waals surface area (Å²) in [6, 6.07) is 0. The van der Waals surface area contributed by atoms with Crippen LogP contribution in [0.5, 0.6) is 0 Å². The number of carbonyl (C=O) groups excluding carboxylic acids is 1. The quantitative estimate of drug-likeness (QED) is 0.600. The molecule has 14 heavy (non-hydrogen) atoms. The van der Waals surface area contributed by atoms with Crippen LogP contribution in [-0.2, 0) is 4.79 Å². The number of hydrogen-bond donors (Lipinski definition) is 0. The minimum absolute atomic E-state index is 0.257. The van der Waals surface area contributed by atoms with Crippen molar-refractivity contribution in [2.75, 3.05) is 13.1 Å². The fraction of sp³-hybridized carbons (Fsp3) is 0.917. The molecule has 1 fully saturated rings. The lowest BCUT2D eigenvalue weighted by molar-refractivity contribution is -0.130. The highest BCUT2D eigenvalue weighted by atomic mass is 16.2. The third kappa shape index (κ3) is 3.69. The van der Waals surface area contributed by atoms with Gasteiger partial charge in [-0.2, -0.15) is 0 Å². The molecule has 1 saturated carbocycles. The third-order valence-corrected chi connectivity index (χ3v) is 3.18. The van der Waals surface area contributed by atoms with E-state index in [4.69, 9.17) is 0 Å². The SMILES string of the molecule is CCCCCN(CC1CCC1)C(C)=O. The molecule has 0 unspecified atom stereocenters. The van der Waals surface area contributed by atoms with E-state index in [1.165, 1.54) is 38.5 Å². The second-order valence-corrected chi connectivity index (χ2v) is 4.47. The van der Waals surface area contributed by atoms with E-state index in [2.05, 4.69) is 6.92 Å². The number of nitrogens with zero attached hydrogens (tertiary/aromatic N) is 1. The van der Waals surface area contributed by atoms with E-state index in [1.54, 1.807) is 6.92 Å². The van der Waals surface area contributed by atoms with Crippen LogP contribution in [0, 0.1) is 5.92 Å². The van der Waals surface area contributed by atoms with Crippen LogP contribution in [0.15, 0.2) is 0 Å². The molecule has 0 saturated heterocycles. The number of unbranched alkanes of at least 4 members (excludes halogenated alkanes) is 2. The van der Waals surface area contributed by atoms with Crippen LogP contribution in [0.25, 0.3) is 0 Å². The molecule has 0 aliphatic heterocycles. The van der Waals surface area contributed by atoms with Crippen LogP contribution >= 0.6 is 0 Å². The van der Waals surface area contributed by atoms with Gasteiger partial charge in [-0.3, -0.25) is 4.79 Å². The standard InChI is InChI=1S/C12H23NO/c1-3-4-5-9-13(11(2)14)10-12-7-6-8-12/h12H,3-10H2,1-2H3. The summed E-state index contributed by atoms with van der Waals surface area (Å²) in [5, 5.41) is 0. The Bertz CT molecular complexity index is 175. The maximum absolute atomic E-state index is 11.3. The first-order valence-electron chi connectivity index (χ1n) is 5.99. The maximum Gasteiger partial charge on any atom is 0.219 e. The summed E-state index contributed by atoms with van der Waals surface area (Å²) >= 11 is 0. The molecule has 1 rings (SSSR count). The molecule has 1 aliphatic carbocycles. The van der Waals surface area contributed by atoms with E-state index < -0.39 is 0 Å². The molecular weight excluding hydrogens is 174 g/mol. The van der Waals surface area contributed by atoms with E-state index >= 15 is 0 Å². The summed E-state index contributed by atoms with van der Waals surface area (Å²) in [5.74, 6) is 1.06. The van der Waals surface area contributed by atoms with Crippen molar-refractivity contribution in [2.24, 2.45) is 5.92 Å². The summed E-state index contributed by atoms with van der Waals surface area (Å²) in [4.78, 5) is 13.4. The number of amides is 1. The zero-order valence-corrected chi connectivity index (χ0v) is 9.59. The fourth-order valence-corrected chi connectivity index (χ4v) is 1.92. The predicted molar refractivity (Wildman–Crippen MR) is 59.1 cm³/mol. The lowest BCUT2D eigenvalue weighted by Crippen LogP contribution is -2.36. The number of hydrogen-bond acceptors (Lipinski definition) is 1. The van der Waals surface area contributed by atoms with Crippen molar-refractivity contribution in [1.29, 1.82) is 0 Å². The van der Waals surface area contributed by atoms with Crippen molar-refractivity contribution in [2.45, 2.75) is 52.4 Å². The van der Waals surface area contributed by atoms with Crippen LogP contribution in [0.4, 0.5) is 0 Å². The van der Waals surface area contributed by atoms with E-state index in [-0.39, 0.29) is 5.91 Å². The third-order valence-electron chi connectivity index (χ3n) is 3.18. The maximum atomic E-state index is 11.3. The van der Waals surface area contributed by atoms with Gasteiger partial charge in [0.2, 0.25) is 5.91 Å². The first-order valence-corrected chi connectivity index (χ1v) is 5.99. The van der Waals surface area contributed by atoms with Crippen LogP contribution < -0.4 is 0 Å². The monoisotopic (exact) mass is 197 g/mol. The lowest BCUT2D eigenvalue weighted by atomic mass is 9.85. The Balaban J connectivity index is 2.19. The van der Waals surface area contributed by atoms with Gasteiger partial charge in [0.05, 0.1) is 0 Å². The van der Waals surface area contributed by atoms with Crippen LogP contribution in [0.2, 0.25) is 0 Å². The van der Waals surface area contributed by atoms with Gasteiger partial charge in [-0.25, -0.2) is 0 Å². The van der Waals surface area contributed by atoms with Crippen LogP contribution in [-0.4, -0.2) is 23.9 Å². The molecule has 0 aromatic carbocycles. The predicted octanol–water partition coefficient (Wildman–Crippen LogP) is 2.83. The van der Waals surface area contributed by atoms with E-state index in [9.17, 15) is 4.79 Å². The minimum Gasteiger partial charge on any atom is -0.343 e. The molecule has 2 nitrogen and oxygen atoms in total. The zero-order chi connectivity index (χ0) is 10.4. The minimum atomic E-state index is 0.257. The summed E-state index contributed by atoms with van der Waals surface area (Å²) in [6.45, 7) is 5.88. The Morgan fingerprint density at radius 1 is 1.36 bits per heavy atom. The largest absolute Gasteiger partial charge is 0.343 e. The molecule has 0 bridgehead atoms. The van der Waals surface area contributed by atoms with Gasteiger partial charge in [0.25, 0.3) is 0 Å². The first kappa shape index (κ1) is 11.5. The smallest absolute Gasteiger partial charge is 0.219 e. The van der Waals surface area contributed by atoms with Crippen molar-refractivity contribution < 1.29 is 4.79 Å². The highest BCUT2D eigenvalue weighted by molar-refractivity contribution is 5.73. The van der Waals surface area contributed by atoms with Gasteiger partial charge < -0.3 is 4.90 Å². The van der Waals surface area contributed by atoms with Gasteiger partial charge in [0.1, 0.15) is 0 Å². The normalized spacial score (nSPS) is 16.4. The molecule has 1 amide bonds. The summed E-state index contributed by atoms with van der Waals surface area (Å²) in [5.41, 5.74) is 0. The average molecular weight is 197 g/mol. The van der Waals surface area contributed by atoms with Gasteiger partial charge in [-0.05, 0) is 25.2 Å². The van der Waals surface area contributed by atoms with Crippen LogP contribution in [0.3, 0.4) is 0 Å². The van der Waals surface area contributed by atoms with Crippen LogP contribution in [0.1, 0.15) is 52.4 Å². The summed E-state index contributed by atoms with van der Waals surface area (Å²) in [7, 11) is 0. The number of rotatable bonds is 6. The lowest BCUT2D eigenvalue weighted by Gasteiger charge is -2.31. The summed E-state index contributed by atoms with van der Waals surface area (Å²) < 4.78 is 0. The molecule has 0 aromatic heterocycles. The van der Waals surface area contributed by atoms with Crippen molar-refractivity contribution >= 4 is 5.91 Å². The van der Waals surface area contributed by atoms with Gasteiger partial charge >= 0.3 is 0 Å². The molecular formula is C12H23NO. The van der Waals surface area contributed by atoms with Gasteiger partial charge in [-0.1, -0.05) is 26.2 Å². The molecule has 0 heterocycles. The van der Waals surface area contributed by atoms with E-state index in [0.717, 1.165) is 19.0 Å². The molecule has 0 N–H and O–H groups in total. The molecule has 2 heteroatoms. The molecule has 82 valence electrons. The van der Waals surface area contributed by atoms with Crippen molar-refractivity contribution in [3.05, 3.63) is 0 Å². The van der Waals surface area contributed by atoms with Gasteiger partial charge in [0.15, 0.2) is 0 Å². The molecule has 0 atom stereocenters. The van der Waals surface area contributed by atoms with Crippen molar-refractivity contribution in [1.82, 2.24) is 4.90 Å². The fourth-order valence-electron chi connectivity index (χ4n) is 1.92. The second-order valence-electron chi connectivity index (χ2n) is 4.47. The highest BCUT2D eigenvalue weighted by Gasteiger charge is 2.21. The Labute approximate surface area is 87.7 Å². The van der Waals surface area contributed by atoms with E-state index in [1.807, 2.05) is 4.90 Å². The van der Waals surface area contributed by atoms with Crippen molar-refractivity contribution in [3.63, 3.8) is 0 Å². The van der Waals surface area contributed by atoms with Gasteiger partial charge in [-0.15, -0.1) is 0 Å². The molecule has 1 aliphatic rings. The highest BCUT2D eigenvalue weighted by Crippen LogP contribution is 2.27. The molecule has 0 spiro atoms. The van der Waals surface area contributed by atoms with E-state index in [0.29, 0.717) is 0 Å². The second kappa shape index (κ2) is 6.05. The number of carbonyl (C=O) groups is 1. The summed E-state index contributed by atoms with van der Waals surface area (Å²) in [6.07, 6.45) is 7.67. The van der Waals surface area contributed by atoms with Crippen molar-refractivity contribution in [3.8, 4) is 0 Å². The Morgan fingerprint density at radius 2 is 2.07 bits per heavy atom. The zero-order valence-electron chi connectivity index (χ0n) is 9.59. The average Bonchev–Trinajstić information content (AvgIpc) is 2.07. The topological polar surface area (TPSA) is 20.3 Å². The Kier molecular flexibility index (Phi) is 4.99. The molecule has 0 radical (unpaired) electrons. The Morgan fingerprint density at radius 3 is 2.50 bits per heavy atom. The molecule has 0 aromatic rings. The Hall–Kier alpha value is -0.530. The van der Waals surface area contributed by atoms with Gasteiger partial charge in [0, 0.05) is 20.0 Å². The first-order chi connectivity index (χ1) is 6.74.